The van der Waals surface area contributed by atoms with Gasteiger partial charge >= 0.3 is 0 Å². The molecule has 162 valence electrons. The zero-order chi connectivity index (χ0) is 20.6. The van der Waals surface area contributed by atoms with Crippen LogP contribution < -0.4 is 24.2 Å². The Bertz CT molecular complexity index is 259. The number of hydrogen-bond donors (Lipinski definition) is 9. The number of aliphatic carboxylic acids is 5. The van der Waals surface area contributed by atoms with Crippen molar-refractivity contribution in [1.82, 2.24) is 18.5 Å². The van der Waals surface area contributed by atoms with Crippen molar-refractivity contribution in [1.29, 1.82) is 0 Å². The molecule has 0 unspecified atom stereocenters. The molecule has 0 atom stereocenters. The Morgan fingerprint density at radius 1 is 0.577 bits per heavy atom. The number of hydrogen-bond acceptors (Lipinski definition) is 9. The first kappa shape index (κ1) is 56.9. The van der Waals surface area contributed by atoms with Crippen molar-refractivity contribution in [2.45, 2.75) is 34.6 Å². The van der Waals surface area contributed by atoms with Crippen molar-refractivity contribution in [3.8, 4) is 0 Å². The first-order valence-corrected chi connectivity index (χ1v) is 5.38. The van der Waals surface area contributed by atoms with E-state index in [1.165, 1.54) is 6.20 Å². The van der Waals surface area contributed by atoms with Crippen LogP contribution in [0, 0.1) is 0 Å². The highest BCUT2D eigenvalue weighted by atomic mass is 16.4. The van der Waals surface area contributed by atoms with Crippen LogP contribution in [0.2, 0.25) is 0 Å². The van der Waals surface area contributed by atoms with Crippen molar-refractivity contribution in [3.05, 3.63) is 12.8 Å². The number of nitrogens with two attached hydrogens (primary N) is 1. The van der Waals surface area contributed by atoms with Gasteiger partial charge in [0.1, 0.15) is 0 Å². The van der Waals surface area contributed by atoms with E-state index in [2.05, 4.69) is 12.3 Å². The van der Waals surface area contributed by atoms with E-state index in [4.69, 9.17) is 49.5 Å². The van der Waals surface area contributed by atoms with Gasteiger partial charge in [-0.05, 0) is 6.20 Å². The van der Waals surface area contributed by atoms with E-state index in [-0.39, 0.29) is 18.5 Å². The summed E-state index contributed by atoms with van der Waals surface area (Å²) < 4.78 is 0. The third-order valence-electron chi connectivity index (χ3n) is 0. The minimum Gasteiger partial charge on any atom is -0.481 e. The molecule has 0 amide bonds. The molecule has 0 fully saturated rings. The molecule has 0 heterocycles. The Hall–Kier alpha value is -3.23. The van der Waals surface area contributed by atoms with Crippen molar-refractivity contribution in [2.24, 2.45) is 5.73 Å². The molecule has 0 aliphatic heterocycles. The fourth-order valence-electron chi connectivity index (χ4n) is 0. The van der Waals surface area contributed by atoms with Gasteiger partial charge in [-0.2, -0.15) is 0 Å². The Morgan fingerprint density at radius 3 is 0.577 bits per heavy atom. The molecule has 0 aromatic heterocycles. The van der Waals surface area contributed by atoms with Gasteiger partial charge in [-0.3, -0.25) is 24.0 Å². The molecule has 0 saturated carbocycles. The molecule has 26 heavy (non-hydrogen) atoms. The van der Waals surface area contributed by atoms with Crippen LogP contribution in [-0.4, -0.2) is 55.4 Å². The summed E-state index contributed by atoms with van der Waals surface area (Å²) in [7, 11) is 0. The van der Waals surface area contributed by atoms with Crippen molar-refractivity contribution < 1.29 is 49.5 Å². The van der Waals surface area contributed by atoms with Gasteiger partial charge in [0, 0.05) is 34.6 Å². The number of carboxylic acids is 5. The lowest BCUT2D eigenvalue weighted by Gasteiger charge is -1.59. The van der Waals surface area contributed by atoms with Crippen LogP contribution >= 0.6 is 0 Å². The van der Waals surface area contributed by atoms with Crippen LogP contribution in [-0.2, 0) is 24.0 Å². The lowest BCUT2D eigenvalue weighted by atomic mass is 10.9. The molecule has 0 aromatic rings. The standard InChI is InChI=1S/C2H5N.5C2H4O2.3H3N/c1-2-3;5*1-2(3)4;;;/h2H,1,3H2;5*1H3,(H,3,4);3*1H3. The highest BCUT2D eigenvalue weighted by Crippen LogP contribution is 1.43. The first-order chi connectivity index (χ1) is 10.1. The monoisotopic (exact) mass is 394 g/mol. The second kappa shape index (κ2) is 57.6. The summed E-state index contributed by atoms with van der Waals surface area (Å²) in [5.41, 5.74) is 4.61. The molecular weight excluding hydrogens is 360 g/mol. The maximum atomic E-state index is 9.00. The van der Waals surface area contributed by atoms with Gasteiger partial charge in [-0.15, -0.1) is 0 Å². The molecule has 0 aliphatic carbocycles. The summed E-state index contributed by atoms with van der Waals surface area (Å²) in [5, 5.41) is 37.1. The normalized spacial score (nSPS) is 5.27. The average molecular weight is 394 g/mol. The zero-order valence-corrected chi connectivity index (χ0v) is 15.8. The predicted molar refractivity (Wildman–Crippen MR) is 96.0 cm³/mol. The molecule has 14 nitrogen and oxygen atoms in total. The zero-order valence-electron chi connectivity index (χ0n) is 15.8. The summed E-state index contributed by atoms with van der Waals surface area (Å²) in [5.74, 6) is -4.17. The summed E-state index contributed by atoms with van der Waals surface area (Å²) >= 11 is 0. The van der Waals surface area contributed by atoms with Gasteiger partial charge in [-0.1, -0.05) is 6.58 Å². The van der Waals surface area contributed by atoms with Crippen LogP contribution in [0.5, 0.6) is 0 Å². The molecule has 0 bridgehead atoms. The first-order valence-electron chi connectivity index (χ1n) is 5.38. The van der Waals surface area contributed by atoms with Crippen LogP contribution in [0.1, 0.15) is 34.6 Å². The lowest BCUT2D eigenvalue weighted by molar-refractivity contribution is -0.135. The Balaban J connectivity index is -0.0000000187. The minimum atomic E-state index is -0.833. The molecule has 0 saturated heterocycles. The van der Waals surface area contributed by atoms with Gasteiger partial charge < -0.3 is 49.7 Å². The molecule has 14 heteroatoms. The van der Waals surface area contributed by atoms with Crippen LogP contribution in [0.15, 0.2) is 12.8 Å². The second-order valence-corrected chi connectivity index (χ2v) is 2.83. The van der Waals surface area contributed by atoms with Crippen molar-refractivity contribution in [2.75, 3.05) is 0 Å². The van der Waals surface area contributed by atoms with Crippen LogP contribution in [0.3, 0.4) is 0 Å². The van der Waals surface area contributed by atoms with Crippen molar-refractivity contribution in [3.63, 3.8) is 0 Å². The van der Waals surface area contributed by atoms with Crippen LogP contribution in [0.4, 0.5) is 0 Å². The fraction of sp³-hybridized carbons (Fsp3) is 0.417. The predicted octanol–water partition coefficient (Wildman–Crippen LogP) is 1.03. The molecule has 0 rings (SSSR count). The maximum absolute atomic E-state index is 9.00. The highest BCUT2D eigenvalue weighted by Gasteiger charge is 1.67. The minimum absolute atomic E-state index is 0. The Morgan fingerprint density at radius 2 is 0.577 bits per heavy atom. The summed E-state index contributed by atoms with van der Waals surface area (Å²) in [4.78, 5) is 45.0. The molecule has 16 N–H and O–H groups in total. The summed E-state index contributed by atoms with van der Waals surface area (Å²) in [6, 6.07) is 0. The molecule has 0 aromatic carbocycles. The van der Waals surface area contributed by atoms with E-state index < -0.39 is 29.8 Å². The van der Waals surface area contributed by atoms with Crippen LogP contribution in [0.25, 0.3) is 0 Å². The van der Waals surface area contributed by atoms with Gasteiger partial charge in [0.05, 0.1) is 0 Å². The van der Waals surface area contributed by atoms with E-state index in [9.17, 15) is 0 Å². The van der Waals surface area contributed by atoms with Gasteiger partial charge in [-0.25, -0.2) is 0 Å². The van der Waals surface area contributed by atoms with E-state index in [0.717, 1.165) is 34.6 Å². The molecular formula is C12H34N4O10. The van der Waals surface area contributed by atoms with Crippen molar-refractivity contribution >= 4 is 29.8 Å². The van der Waals surface area contributed by atoms with E-state index >= 15 is 0 Å². The maximum Gasteiger partial charge on any atom is 0.300 e. The Kier molecular flexibility index (Phi) is 126. The number of carboxylic acid groups (broad SMARTS) is 5. The molecule has 0 radical (unpaired) electrons. The third kappa shape index (κ3) is 778. The summed E-state index contributed by atoms with van der Waals surface area (Å²) in [6.07, 6.45) is 1.25. The fourth-order valence-corrected chi connectivity index (χ4v) is 0. The largest absolute Gasteiger partial charge is 0.481 e. The average Bonchev–Trinajstić information content (AvgIpc) is 2.11. The van der Waals surface area contributed by atoms with E-state index in [0.29, 0.717) is 0 Å². The molecule has 0 aliphatic rings. The number of carbonyl (C=O) groups is 5. The van der Waals surface area contributed by atoms with E-state index in [1.807, 2.05) is 0 Å². The third-order valence-corrected chi connectivity index (χ3v) is 0. The molecule has 0 spiro atoms. The SMILES string of the molecule is C=CN.CC(=O)O.CC(=O)O.CC(=O)O.CC(=O)O.CC(=O)O.N.N.N. The van der Waals surface area contributed by atoms with Gasteiger partial charge in [0.25, 0.3) is 29.8 Å². The second-order valence-electron chi connectivity index (χ2n) is 2.83. The van der Waals surface area contributed by atoms with Gasteiger partial charge in [0.15, 0.2) is 0 Å². The van der Waals surface area contributed by atoms with Gasteiger partial charge in [0.2, 0.25) is 0 Å². The lowest BCUT2D eigenvalue weighted by Crippen LogP contribution is -1.78. The highest BCUT2D eigenvalue weighted by molar-refractivity contribution is 5.63. The number of rotatable bonds is 0. The Labute approximate surface area is 152 Å². The quantitative estimate of drug-likeness (QED) is 0.277. The summed E-state index contributed by atoms with van der Waals surface area (Å²) in [6.45, 7) is 8.56. The topological polar surface area (TPSA) is 318 Å². The smallest absolute Gasteiger partial charge is 0.300 e. The van der Waals surface area contributed by atoms with E-state index in [1.54, 1.807) is 0 Å².